The monoisotopic (exact) mass is 360 g/mol. The highest BCUT2D eigenvalue weighted by molar-refractivity contribution is 5.97. The standard InChI is InChI=1S/C17H20N4O5/c1-4-26-16(23)11-19(14-8-6-5-7-9-14)15(22)10-20-13(3)17(21(24)25)12(2)18-20/h5-9H,4,10-11H2,1-3H3. The maximum absolute atomic E-state index is 12.8. The number of carbonyl (C=O) groups excluding carboxylic acids is 2. The van der Waals surface area contributed by atoms with Gasteiger partial charge in [-0.2, -0.15) is 5.10 Å². The van der Waals surface area contributed by atoms with E-state index in [4.69, 9.17) is 4.74 Å². The van der Waals surface area contributed by atoms with Gasteiger partial charge in [0.05, 0.1) is 11.5 Å². The first-order valence-electron chi connectivity index (χ1n) is 8.04. The molecule has 9 heteroatoms. The molecule has 138 valence electrons. The van der Waals surface area contributed by atoms with Crippen LogP contribution in [0.15, 0.2) is 30.3 Å². The number of rotatable bonds is 7. The summed E-state index contributed by atoms with van der Waals surface area (Å²) in [6.45, 7) is 4.46. The molecule has 0 bridgehead atoms. The molecule has 1 aromatic heterocycles. The summed E-state index contributed by atoms with van der Waals surface area (Å²) in [5.41, 5.74) is 0.929. The summed E-state index contributed by atoms with van der Waals surface area (Å²) in [6, 6.07) is 8.67. The Morgan fingerprint density at radius 1 is 1.27 bits per heavy atom. The molecule has 0 saturated heterocycles. The zero-order chi connectivity index (χ0) is 19.3. The van der Waals surface area contributed by atoms with Crippen molar-refractivity contribution < 1.29 is 19.2 Å². The lowest BCUT2D eigenvalue weighted by Gasteiger charge is -2.22. The van der Waals surface area contributed by atoms with Crippen LogP contribution < -0.4 is 4.90 Å². The van der Waals surface area contributed by atoms with E-state index in [2.05, 4.69) is 5.10 Å². The zero-order valence-corrected chi connectivity index (χ0v) is 14.8. The number of amides is 1. The highest BCUT2D eigenvalue weighted by Gasteiger charge is 2.25. The molecule has 0 unspecified atom stereocenters. The second-order valence-corrected chi connectivity index (χ2v) is 5.55. The van der Waals surface area contributed by atoms with Gasteiger partial charge in [0.2, 0.25) is 5.91 Å². The molecule has 2 aromatic rings. The van der Waals surface area contributed by atoms with Gasteiger partial charge in [-0.25, -0.2) is 0 Å². The lowest BCUT2D eigenvalue weighted by molar-refractivity contribution is -0.386. The van der Waals surface area contributed by atoms with Crippen LogP contribution in [0.4, 0.5) is 11.4 Å². The summed E-state index contributed by atoms with van der Waals surface area (Å²) >= 11 is 0. The number of aromatic nitrogens is 2. The first kappa shape index (κ1) is 19.1. The van der Waals surface area contributed by atoms with Crippen LogP contribution in [0.25, 0.3) is 0 Å². The number of aryl methyl sites for hydroxylation is 1. The van der Waals surface area contributed by atoms with E-state index in [-0.39, 0.29) is 36.8 Å². The van der Waals surface area contributed by atoms with Gasteiger partial charge in [0.1, 0.15) is 24.5 Å². The fourth-order valence-corrected chi connectivity index (χ4v) is 2.59. The van der Waals surface area contributed by atoms with Gasteiger partial charge in [0.25, 0.3) is 0 Å². The fraction of sp³-hybridized carbons (Fsp3) is 0.353. The van der Waals surface area contributed by atoms with Gasteiger partial charge >= 0.3 is 11.7 Å². The van der Waals surface area contributed by atoms with E-state index in [9.17, 15) is 19.7 Å². The number of nitrogens with zero attached hydrogens (tertiary/aromatic N) is 4. The van der Waals surface area contributed by atoms with E-state index < -0.39 is 16.8 Å². The van der Waals surface area contributed by atoms with Crippen molar-refractivity contribution in [2.75, 3.05) is 18.1 Å². The number of ether oxygens (including phenoxy) is 1. The number of hydrogen-bond acceptors (Lipinski definition) is 6. The van der Waals surface area contributed by atoms with Crippen LogP contribution in [0.2, 0.25) is 0 Å². The van der Waals surface area contributed by atoms with E-state index >= 15 is 0 Å². The predicted molar refractivity (Wildman–Crippen MR) is 93.8 cm³/mol. The maximum atomic E-state index is 12.8. The van der Waals surface area contributed by atoms with Crippen molar-refractivity contribution in [1.29, 1.82) is 0 Å². The van der Waals surface area contributed by atoms with Crippen molar-refractivity contribution in [2.45, 2.75) is 27.3 Å². The average Bonchev–Trinajstić information content (AvgIpc) is 2.87. The number of carbonyl (C=O) groups is 2. The van der Waals surface area contributed by atoms with Crippen molar-refractivity contribution in [1.82, 2.24) is 9.78 Å². The molecule has 0 aliphatic carbocycles. The third-order valence-corrected chi connectivity index (χ3v) is 3.77. The van der Waals surface area contributed by atoms with Crippen molar-refractivity contribution >= 4 is 23.3 Å². The molecule has 0 saturated carbocycles. The minimum Gasteiger partial charge on any atom is -0.465 e. The van der Waals surface area contributed by atoms with E-state index in [0.717, 1.165) is 0 Å². The van der Waals surface area contributed by atoms with Crippen LogP contribution in [0, 0.1) is 24.0 Å². The lowest BCUT2D eigenvalue weighted by atomic mass is 10.2. The summed E-state index contributed by atoms with van der Waals surface area (Å²) in [6.07, 6.45) is 0. The first-order chi connectivity index (χ1) is 12.3. The second-order valence-electron chi connectivity index (χ2n) is 5.55. The SMILES string of the molecule is CCOC(=O)CN(C(=O)Cn1nc(C)c([N+](=O)[O-])c1C)c1ccccc1. The van der Waals surface area contributed by atoms with Crippen LogP contribution in [-0.2, 0) is 20.9 Å². The minimum absolute atomic E-state index is 0.116. The van der Waals surface area contributed by atoms with E-state index in [1.807, 2.05) is 0 Å². The Balaban J connectivity index is 2.28. The minimum atomic E-state index is -0.538. The van der Waals surface area contributed by atoms with Crippen LogP contribution in [0.1, 0.15) is 18.3 Å². The highest BCUT2D eigenvalue weighted by Crippen LogP contribution is 2.22. The van der Waals surface area contributed by atoms with Gasteiger partial charge in [0, 0.05) is 5.69 Å². The smallest absolute Gasteiger partial charge is 0.326 e. The molecule has 1 aromatic carbocycles. The molecule has 9 nitrogen and oxygen atoms in total. The summed E-state index contributed by atoms with van der Waals surface area (Å²) < 4.78 is 6.20. The molecule has 1 amide bonds. The Labute approximate surface area is 150 Å². The summed E-state index contributed by atoms with van der Waals surface area (Å²) in [7, 11) is 0. The molecule has 2 rings (SSSR count). The van der Waals surface area contributed by atoms with Crippen molar-refractivity contribution in [3.63, 3.8) is 0 Å². The normalized spacial score (nSPS) is 10.4. The number of para-hydroxylation sites is 1. The molecule has 0 fully saturated rings. The van der Waals surface area contributed by atoms with Gasteiger partial charge in [-0.05, 0) is 32.9 Å². The number of benzene rings is 1. The summed E-state index contributed by atoms with van der Waals surface area (Å²) in [5.74, 6) is -0.964. The molecule has 0 aliphatic heterocycles. The Hall–Kier alpha value is -3.23. The fourth-order valence-electron chi connectivity index (χ4n) is 2.59. The summed E-state index contributed by atoms with van der Waals surface area (Å²) in [4.78, 5) is 36.5. The lowest BCUT2D eigenvalue weighted by Crippen LogP contribution is -2.39. The molecule has 0 radical (unpaired) electrons. The number of anilines is 1. The quantitative estimate of drug-likeness (QED) is 0.424. The topological polar surface area (TPSA) is 108 Å². The second kappa shape index (κ2) is 8.24. The predicted octanol–water partition coefficient (Wildman–Crippen LogP) is 2.00. The Morgan fingerprint density at radius 2 is 1.92 bits per heavy atom. The Morgan fingerprint density at radius 3 is 2.46 bits per heavy atom. The van der Waals surface area contributed by atoms with Gasteiger partial charge < -0.3 is 4.74 Å². The molecule has 0 aliphatic rings. The largest absolute Gasteiger partial charge is 0.465 e. The van der Waals surface area contributed by atoms with Crippen molar-refractivity contribution in [3.8, 4) is 0 Å². The van der Waals surface area contributed by atoms with Crippen molar-refractivity contribution in [3.05, 3.63) is 51.8 Å². The van der Waals surface area contributed by atoms with E-state index in [0.29, 0.717) is 5.69 Å². The first-order valence-corrected chi connectivity index (χ1v) is 8.04. The van der Waals surface area contributed by atoms with Crippen LogP contribution >= 0.6 is 0 Å². The molecular formula is C17H20N4O5. The molecule has 1 heterocycles. The average molecular weight is 360 g/mol. The van der Waals surface area contributed by atoms with E-state index in [1.165, 1.54) is 23.4 Å². The molecule has 26 heavy (non-hydrogen) atoms. The summed E-state index contributed by atoms with van der Waals surface area (Å²) in [5, 5.41) is 15.2. The number of hydrogen-bond donors (Lipinski definition) is 0. The van der Waals surface area contributed by atoms with Crippen LogP contribution in [-0.4, -0.2) is 39.7 Å². The van der Waals surface area contributed by atoms with Gasteiger partial charge in [-0.15, -0.1) is 0 Å². The number of esters is 1. The Bertz CT molecular complexity index is 816. The third-order valence-electron chi connectivity index (χ3n) is 3.77. The molecule has 0 spiro atoms. The molecule has 0 N–H and O–H groups in total. The maximum Gasteiger partial charge on any atom is 0.326 e. The van der Waals surface area contributed by atoms with Gasteiger partial charge in [0.15, 0.2) is 0 Å². The zero-order valence-electron chi connectivity index (χ0n) is 14.8. The van der Waals surface area contributed by atoms with E-state index in [1.54, 1.807) is 37.3 Å². The van der Waals surface area contributed by atoms with Crippen molar-refractivity contribution in [2.24, 2.45) is 0 Å². The van der Waals surface area contributed by atoms with Gasteiger partial charge in [-0.3, -0.25) is 29.3 Å². The van der Waals surface area contributed by atoms with Gasteiger partial charge in [-0.1, -0.05) is 18.2 Å². The number of nitro groups is 1. The highest BCUT2D eigenvalue weighted by atomic mass is 16.6. The molecular weight excluding hydrogens is 340 g/mol. The Kier molecular flexibility index (Phi) is 6.05. The van der Waals surface area contributed by atoms with Crippen LogP contribution in [0.3, 0.4) is 0 Å². The molecule has 0 atom stereocenters. The third kappa shape index (κ3) is 4.24. The van der Waals surface area contributed by atoms with Crippen LogP contribution in [0.5, 0.6) is 0 Å².